The third-order valence-electron chi connectivity index (χ3n) is 3.84. The molecule has 0 saturated heterocycles. The van der Waals surface area contributed by atoms with E-state index in [0.29, 0.717) is 38.1 Å². The molecule has 0 radical (unpaired) electrons. The van der Waals surface area contributed by atoms with Gasteiger partial charge in [-0.15, -0.1) is 10.2 Å². The van der Waals surface area contributed by atoms with Crippen LogP contribution in [0, 0.1) is 0 Å². The summed E-state index contributed by atoms with van der Waals surface area (Å²) in [5.74, 6) is -0.434. The Morgan fingerprint density at radius 1 is 1.00 bits per heavy atom. The summed E-state index contributed by atoms with van der Waals surface area (Å²) in [6.45, 7) is 1.83. The standard InChI is InChI=1S/C21H19ClN4O5S2/c1-2-30-19(29)13-3-7-15(8-4-13)23-18(28)12-32-21-26-25-20(33-21)24-17(27)11-31-16-9-5-14(22)6-10-16/h3-10H,2,11-12H2,1H3,(H,23,28)(H,24,25,27). The average molecular weight is 507 g/mol. The summed E-state index contributed by atoms with van der Waals surface area (Å²) >= 11 is 8.14. The van der Waals surface area contributed by atoms with Crippen LogP contribution in [0.2, 0.25) is 5.02 Å². The maximum Gasteiger partial charge on any atom is 0.338 e. The van der Waals surface area contributed by atoms with E-state index in [1.807, 2.05) is 0 Å². The summed E-state index contributed by atoms with van der Waals surface area (Å²) in [6, 6.07) is 13.1. The van der Waals surface area contributed by atoms with Crippen LogP contribution in [0.4, 0.5) is 10.8 Å². The van der Waals surface area contributed by atoms with Gasteiger partial charge in [-0.05, 0) is 55.5 Å². The van der Waals surface area contributed by atoms with E-state index in [4.69, 9.17) is 21.1 Å². The summed E-state index contributed by atoms with van der Waals surface area (Å²) in [4.78, 5) is 35.8. The SMILES string of the molecule is CCOC(=O)c1ccc(NC(=O)CSc2nnc(NC(=O)COc3ccc(Cl)cc3)s2)cc1. The maximum atomic E-state index is 12.2. The lowest BCUT2D eigenvalue weighted by Crippen LogP contribution is -2.20. The number of hydrogen-bond donors (Lipinski definition) is 2. The van der Waals surface area contributed by atoms with E-state index in [2.05, 4.69) is 20.8 Å². The maximum absolute atomic E-state index is 12.2. The molecule has 2 N–H and O–H groups in total. The van der Waals surface area contributed by atoms with Crippen molar-refractivity contribution in [2.24, 2.45) is 0 Å². The molecule has 172 valence electrons. The summed E-state index contributed by atoms with van der Waals surface area (Å²) in [7, 11) is 0. The lowest BCUT2D eigenvalue weighted by atomic mass is 10.2. The van der Waals surface area contributed by atoms with Crippen LogP contribution in [-0.4, -0.2) is 46.9 Å². The van der Waals surface area contributed by atoms with Crippen LogP contribution in [0.1, 0.15) is 17.3 Å². The Morgan fingerprint density at radius 2 is 1.73 bits per heavy atom. The lowest BCUT2D eigenvalue weighted by Gasteiger charge is -2.06. The van der Waals surface area contributed by atoms with Gasteiger partial charge in [0, 0.05) is 10.7 Å². The van der Waals surface area contributed by atoms with Crippen molar-refractivity contribution in [3.8, 4) is 5.75 Å². The molecule has 1 heterocycles. The summed E-state index contributed by atoms with van der Waals surface area (Å²) in [6.07, 6.45) is 0. The van der Waals surface area contributed by atoms with Crippen molar-refractivity contribution >= 4 is 63.3 Å². The van der Waals surface area contributed by atoms with Crippen LogP contribution in [0.5, 0.6) is 5.75 Å². The fourth-order valence-corrected chi connectivity index (χ4v) is 4.08. The molecule has 0 aliphatic heterocycles. The number of anilines is 2. The molecule has 0 aliphatic rings. The summed E-state index contributed by atoms with van der Waals surface area (Å²) in [5.41, 5.74) is 0.964. The topological polar surface area (TPSA) is 120 Å². The Hall–Kier alpha value is -3.15. The molecule has 0 unspecified atom stereocenters. The van der Waals surface area contributed by atoms with Gasteiger partial charge in [-0.3, -0.25) is 14.9 Å². The fourth-order valence-electron chi connectivity index (χ4n) is 2.38. The third-order valence-corrected chi connectivity index (χ3v) is 6.07. The van der Waals surface area contributed by atoms with Crippen molar-refractivity contribution in [3.05, 3.63) is 59.1 Å². The Bertz CT molecular complexity index is 1110. The number of thioether (sulfide) groups is 1. The molecule has 0 bridgehead atoms. The quantitative estimate of drug-likeness (QED) is 0.239. The molecular formula is C21H19ClN4O5S2. The molecule has 0 aliphatic carbocycles. The zero-order valence-electron chi connectivity index (χ0n) is 17.4. The molecule has 33 heavy (non-hydrogen) atoms. The van der Waals surface area contributed by atoms with Gasteiger partial charge in [0.05, 0.1) is 17.9 Å². The summed E-state index contributed by atoms with van der Waals surface area (Å²) < 4.78 is 10.8. The lowest BCUT2D eigenvalue weighted by molar-refractivity contribution is -0.118. The number of halogens is 1. The molecule has 9 nitrogen and oxygen atoms in total. The Kier molecular flexibility index (Phi) is 9.04. The van der Waals surface area contributed by atoms with Gasteiger partial charge in [0.25, 0.3) is 5.91 Å². The van der Waals surface area contributed by atoms with Gasteiger partial charge in [-0.25, -0.2) is 4.79 Å². The number of amides is 2. The molecule has 0 fully saturated rings. The van der Waals surface area contributed by atoms with Crippen LogP contribution in [0.25, 0.3) is 0 Å². The zero-order valence-corrected chi connectivity index (χ0v) is 19.8. The highest BCUT2D eigenvalue weighted by molar-refractivity contribution is 8.01. The largest absolute Gasteiger partial charge is 0.484 e. The first-order valence-corrected chi connectivity index (χ1v) is 11.8. The number of esters is 1. The summed E-state index contributed by atoms with van der Waals surface area (Å²) in [5, 5.41) is 14.1. The van der Waals surface area contributed by atoms with E-state index < -0.39 is 5.97 Å². The average Bonchev–Trinajstić information content (AvgIpc) is 3.25. The molecule has 1 aromatic heterocycles. The number of aromatic nitrogens is 2. The van der Waals surface area contributed by atoms with Crippen LogP contribution in [0.3, 0.4) is 0 Å². The van der Waals surface area contributed by atoms with Gasteiger partial charge in [-0.1, -0.05) is 34.7 Å². The molecule has 3 aromatic rings. The van der Waals surface area contributed by atoms with E-state index in [9.17, 15) is 14.4 Å². The second kappa shape index (κ2) is 12.2. The highest BCUT2D eigenvalue weighted by atomic mass is 35.5. The normalized spacial score (nSPS) is 10.4. The van der Waals surface area contributed by atoms with Crippen LogP contribution < -0.4 is 15.4 Å². The van der Waals surface area contributed by atoms with Gasteiger partial charge < -0.3 is 14.8 Å². The molecule has 3 rings (SSSR count). The molecule has 12 heteroatoms. The Balaban J connectivity index is 1.40. The molecule has 0 saturated carbocycles. The van der Waals surface area contributed by atoms with Crippen LogP contribution in [-0.2, 0) is 14.3 Å². The smallest absolute Gasteiger partial charge is 0.338 e. The second-order valence-electron chi connectivity index (χ2n) is 6.30. The van der Waals surface area contributed by atoms with E-state index in [-0.39, 0.29) is 24.2 Å². The van der Waals surface area contributed by atoms with E-state index in [1.165, 1.54) is 11.8 Å². The first-order valence-electron chi connectivity index (χ1n) is 9.64. The van der Waals surface area contributed by atoms with Crippen molar-refractivity contribution in [1.29, 1.82) is 0 Å². The number of carbonyl (C=O) groups is 3. The van der Waals surface area contributed by atoms with Gasteiger partial charge in [0.1, 0.15) is 5.75 Å². The number of nitrogens with one attached hydrogen (secondary N) is 2. The third kappa shape index (κ3) is 8.04. The number of ether oxygens (including phenoxy) is 2. The molecular weight excluding hydrogens is 488 g/mol. The van der Waals surface area contributed by atoms with E-state index >= 15 is 0 Å². The van der Waals surface area contributed by atoms with Crippen LogP contribution in [0.15, 0.2) is 52.9 Å². The van der Waals surface area contributed by atoms with Crippen molar-refractivity contribution in [1.82, 2.24) is 10.2 Å². The Labute approximate surface area is 202 Å². The number of hydrogen-bond acceptors (Lipinski definition) is 9. The van der Waals surface area contributed by atoms with E-state index in [1.54, 1.807) is 55.5 Å². The minimum absolute atomic E-state index is 0.0991. The minimum Gasteiger partial charge on any atom is -0.484 e. The molecule has 2 aromatic carbocycles. The van der Waals surface area contributed by atoms with Gasteiger partial charge in [0.2, 0.25) is 11.0 Å². The second-order valence-corrected chi connectivity index (χ2v) is 8.93. The van der Waals surface area contributed by atoms with Gasteiger partial charge >= 0.3 is 5.97 Å². The van der Waals surface area contributed by atoms with Crippen molar-refractivity contribution in [2.45, 2.75) is 11.3 Å². The van der Waals surface area contributed by atoms with Crippen molar-refractivity contribution in [2.75, 3.05) is 29.6 Å². The van der Waals surface area contributed by atoms with Crippen LogP contribution >= 0.6 is 34.7 Å². The number of benzene rings is 2. The van der Waals surface area contributed by atoms with Gasteiger partial charge in [0.15, 0.2) is 10.9 Å². The van der Waals surface area contributed by atoms with E-state index in [0.717, 1.165) is 11.3 Å². The first-order chi connectivity index (χ1) is 15.9. The highest BCUT2D eigenvalue weighted by Gasteiger charge is 2.12. The molecule has 2 amide bonds. The van der Waals surface area contributed by atoms with Gasteiger partial charge in [-0.2, -0.15) is 0 Å². The fraction of sp³-hybridized carbons (Fsp3) is 0.190. The molecule has 0 atom stereocenters. The predicted molar refractivity (Wildman–Crippen MR) is 127 cm³/mol. The minimum atomic E-state index is -0.415. The number of rotatable bonds is 10. The Morgan fingerprint density at radius 3 is 2.42 bits per heavy atom. The van der Waals surface area contributed by atoms with Crippen molar-refractivity contribution < 1.29 is 23.9 Å². The van der Waals surface area contributed by atoms with Crippen molar-refractivity contribution in [3.63, 3.8) is 0 Å². The highest BCUT2D eigenvalue weighted by Crippen LogP contribution is 2.25. The molecule has 0 spiro atoms. The predicted octanol–water partition coefficient (Wildman–Crippen LogP) is 4.12. The number of nitrogens with zero attached hydrogens (tertiary/aromatic N) is 2. The monoisotopic (exact) mass is 506 g/mol. The number of carbonyl (C=O) groups excluding carboxylic acids is 3. The zero-order chi connectivity index (χ0) is 23.6. The first kappa shape index (κ1) is 24.5.